The van der Waals surface area contributed by atoms with Crippen molar-refractivity contribution in [1.29, 1.82) is 0 Å². The number of hydrogen-bond acceptors (Lipinski definition) is 3. The highest BCUT2D eigenvalue weighted by Gasteiger charge is 1.96. The summed E-state index contributed by atoms with van der Waals surface area (Å²) in [7, 11) is 0. The Labute approximate surface area is 85.6 Å². The molecule has 0 atom stereocenters. The van der Waals surface area contributed by atoms with E-state index in [2.05, 4.69) is 24.9 Å². The lowest BCUT2D eigenvalue weighted by atomic mass is 10.4. The third-order valence-electron chi connectivity index (χ3n) is 1.55. The monoisotopic (exact) mass is 205 g/mol. The number of hydrogen-bond donors (Lipinski definition) is 2. The van der Waals surface area contributed by atoms with Crippen LogP contribution in [0.25, 0.3) is 0 Å². The van der Waals surface area contributed by atoms with Crippen LogP contribution in [0.1, 0.15) is 26.2 Å². The molecular formula is C9H19NO2S. The highest BCUT2D eigenvalue weighted by atomic mass is 32.1. The summed E-state index contributed by atoms with van der Waals surface area (Å²) in [5, 5.41) is 2.75. The molecular weight excluding hydrogens is 186 g/mol. The molecule has 0 spiro atoms. The summed E-state index contributed by atoms with van der Waals surface area (Å²) in [6.45, 7) is 4.13. The van der Waals surface area contributed by atoms with E-state index >= 15 is 0 Å². The number of unbranched alkanes of at least 4 members (excludes halogenated alkanes) is 1. The van der Waals surface area contributed by atoms with Gasteiger partial charge in [0.2, 0.25) is 5.91 Å². The summed E-state index contributed by atoms with van der Waals surface area (Å²) < 4.78 is 5.27. The van der Waals surface area contributed by atoms with Crippen LogP contribution in [0.2, 0.25) is 0 Å². The fourth-order valence-corrected chi connectivity index (χ4v) is 1.00. The average Bonchev–Trinajstić information content (AvgIpc) is 2.11. The minimum atomic E-state index is 0.0501. The van der Waals surface area contributed by atoms with Crippen molar-refractivity contribution < 1.29 is 9.53 Å². The number of ether oxygens (including phenoxy) is 1. The van der Waals surface area contributed by atoms with Crippen molar-refractivity contribution in [3.8, 4) is 0 Å². The van der Waals surface area contributed by atoms with Crippen LogP contribution in [0.4, 0.5) is 0 Å². The molecule has 0 aromatic heterocycles. The van der Waals surface area contributed by atoms with Gasteiger partial charge in [0.1, 0.15) is 0 Å². The quantitative estimate of drug-likeness (QED) is 0.462. The second-order valence-corrected chi connectivity index (χ2v) is 3.24. The number of rotatable bonds is 8. The molecule has 0 aliphatic carbocycles. The van der Waals surface area contributed by atoms with E-state index in [1.807, 2.05) is 0 Å². The van der Waals surface area contributed by atoms with E-state index < -0.39 is 0 Å². The van der Waals surface area contributed by atoms with E-state index in [0.717, 1.165) is 19.4 Å². The Morgan fingerprint density at radius 3 is 2.85 bits per heavy atom. The van der Waals surface area contributed by atoms with Crippen molar-refractivity contribution in [3.63, 3.8) is 0 Å². The summed E-state index contributed by atoms with van der Waals surface area (Å²) >= 11 is 3.96. The predicted octanol–water partition coefficient (Wildman–Crippen LogP) is 1.24. The molecule has 0 aliphatic rings. The van der Waals surface area contributed by atoms with Gasteiger partial charge < -0.3 is 10.1 Å². The molecule has 0 fully saturated rings. The summed E-state index contributed by atoms with van der Waals surface area (Å²) in [6.07, 6.45) is 2.72. The van der Waals surface area contributed by atoms with E-state index in [1.165, 1.54) is 0 Å². The first-order chi connectivity index (χ1) is 6.31. The summed E-state index contributed by atoms with van der Waals surface area (Å²) in [5.41, 5.74) is 0. The standard InChI is InChI=1S/C9H19NO2S/c1-2-3-6-12-7-5-10-9(11)4-8-13/h13H,2-8H2,1H3,(H,10,11). The van der Waals surface area contributed by atoms with Gasteiger partial charge in [-0.15, -0.1) is 0 Å². The Kier molecular flexibility index (Phi) is 9.70. The predicted molar refractivity (Wildman–Crippen MR) is 57.2 cm³/mol. The molecule has 1 amide bonds. The van der Waals surface area contributed by atoms with Gasteiger partial charge in [-0.25, -0.2) is 0 Å². The third-order valence-corrected chi connectivity index (χ3v) is 1.77. The first kappa shape index (κ1) is 12.8. The third kappa shape index (κ3) is 9.70. The molecule has 0 saturated carbocycles. The van der Waals surface area contributed by atoms with Crippen molar-refractivity contribution in [2.24, 2.45) is 0 Å². The van der Waals surface area contributed by atoms with Gasteiger partial charge in [-0.3, -0.25) is 4.79 Å². The number of carbonyl (C=O) groups excluding carboxylic acids is 1. The molecule has 0 rings (SSSR count). The maximum atomic E-state index is 10.9. The van der Waals surface area contributed by atoms with Crippen molar-refractivity contribution in [2.75, 3.05) is 25.5 Å². The molecule has 0 saturated heterocycles. The van der Waals surface area contributed by atoms with Gasteiger partial charge in [-0.2, -0.15) is 12.6 Å². The lowest BCUT2D eigenvalue weighted by molar-refractivity contribution is -0.120. The molecule has 4 heteroatoms. The highest BCUT2D eigenvalue weighted by molar-refractivity contribution is 7.80. The van der Waals surface area contributed by atoms with Gasteiger partial charge in [-0.05, 0) is 12.2 Å². The van der Waals surface area contributed by atoms with Crippen LogP contribution in [-0.4, -0.2) is 31.4 Å². The van der Waals surface area contributed by atoms with E-state index in [4.69, 9.17) is 4.74 Å². The molecule has 0 heterocycles. The lowest BCUT2D eigenvalue weighted by Crippen LogP contribution is -2.27. The van der Waals surface area contributed by atoms with Crippen molar-refractivity contribution in [3.05, 3.63) is 0 Å². The van der Waals surface area contributed by atoms with Crippen molar-refractivity contribution in [1.82, 2.24) is 5.32 Å². The Hall–Kier alpha value is -0.220. The first-order valence-electron chi connectivity index (χ1n) is 4.76. The van der Waals surface area contributed by atoms with Crippen LogP contribution in [0, 0.1) is 0 Å². The van der Waals surface area contributed by atoms with Crippen LogP contribution in [0.5, 0.6) is 0 Å². The van der Waals surface area contributed by atoms with Gasteiger partial charge in [0, 0.05) is 19.6 Å². The Balaban J connectivity index is 3.02. The van der Waals surface area contributed by atoms with Crippen LogP contribution >= 0.6 is 12.6 Å². The molecule has 3 nitrogen and oxygen atoms in total. The molecule has 0 aliphatic heterocycles. The van der Waals surface area contributed by atoms with Gasteiger partial charge in [0.05, 0.1) is 6.61 Å². The van der Waals surface area contributed by atoms with Crippen LogP contribution in [0.3, 0.4) is 0 Å². The molecule has 0 bridgehead atoms. The van der Waals surface area contributed by atoms with Gasteiger partial charge in [0.25, 0.3) is 0 Å². The fraction of sp³-hybridized carbons (Fsp3) is 0.889. The van der Waals surface area contributed by atoms with E-state index in [9.17, 15) is 4.79 Å². The zero-order valence-electron chi connectivity index (χ0n) is 8.21. The molecule has 0 aromatic rings. The Morgan fingerprint density at radius 1 is 1.46 bits per heavy atom. The van der Waals surface area contributed by atoms with Gasteiger partial charge in [-0.1, -0.05) is 13.3 Å². The van der Waals surface area contributed by atoms with Crippen molar-refractivity contribution in [2.45, 2.75) is 26.2 Å². The maximum Gasteiger partial charge on any atom is 0.220 e. The Bertz CT molecular complexity index is 131. The second-order valence-electron chi connectivity index (χ2n) is 2.79. The summed E-state index contributed by atoms with van der Waals surface area (Å²) in [4.78, 5) is 10.9. The minimum Gasteiger partial charge on any atom is -0.380 e. The van der Waals surface area contributed by atoms with E-state index in [-0.39, 0.29) is 5.91 Å². The van der Waals surface area contributed by atoms with Crippen LogP contribution in [-0.2, 0) is 9.53 Å². The maximum absolute atomic E-state index is 10.9. The van der Waals surface area contributed by atoms with Crippen LogP contribution < -0.4 is 5.32 Å². The second kappa shape index (κ2) is 9.86. The smallest absolute Gasteiger partial charge is 0.220 e. The molecule has 0 aromatic carbocycles. The topological polar surface area (TPSA) is 38.3 Å². The molecule has 0 unspecified atom stereocenters. The molecule has 0 radical (unpaired) electrons. The minimum absolute atomic E-state index is 0.0501. The summed E-state index contributed by atoms with van der Waals surface area (Å²) in [6, 6.07) is 0. The fourth-order valence-electron chi connectivity index (χ4n) is 0.801. The van der Waals surface area contributed by atoms with Gasteiger partial charge in [0.15, 0.2) is 0 Å². The highest BCUT2D eigenvalue weighted by Crippen LogP contribution is 1.87. The number of amides is 1. The molecule has 78 valence electrons. The Morgan fingerprint density at radius 2 is 2.23 bits per heavy atom. The normalized spacial score (nSPS) is 10.0. The molecule has 1 N–H and O–H groups in total. The largest absolute Gasteiger partial charge is 0.380 e. The zero-order valence-corrected chi connectivity index (χ0v) is 9.11. The number of thiol groups is 1. The number of nitrogens with one attached hydrogen (secondary N) is 1. The van der Waals surface area contributed by atoms with E-state index in [1.54, 1.807) is 0 Å². The van der Waals surface area contributed by atoms with E-state index in [0.29, 0.717) is 25.3 Å². The zero-order chi connectivity index (χ0) is 9.94. The number of carbonyl (C=O) groups is 1. The van der Waals surface area contributed by atoms with Crippen molar-refractivity contribution >= 4 is 18.5 Å². The SMILES string of the molecule is CCCCOCCNC(=O)CCS. The summed E-state index contributed by atoms with van der Waals surface area (Å²) in [5.74, 6) is 0.650. The average molecular weight is 205 g/mol. The first-order valence-corrected chi connectivity index (χ1v) is 5.39. The van der Waals surface area contributed by atoms with Crippen LogP contribution in [0.15, 0.2) is 0 Å². The van der Waals surface area contributed by atoms with Gasteiger partial charge >= 0.3 is 0 Å². The molecule has 13 heavy (non-hydrogen) atoms. The lowest BCUT2D eigenvalue weighted by Gasteiger charge is -2.04.